The van der Waals surface area contributed by atoms with E-state index in [1.54, 1.807) is 0 Å². The van der Waals surface area contributed by atoms with Crippen LogP contribution in [0, 0.1) is 0 Å². The van der Waals surface area contributed by atoms with Crippen LogP contribution in [0.4, 0.5) is 4.79 Å². The van der Waals surface area contributed by atoms with Gasteiger partial charge < -0.3 is 20.7 Å². The van der Waals surface area contributed by atoms with Gasteiger partial charge in [0.25, 0.3) is 0 Å². The zero-order valence-electron chi connectivity index (χ0n) is 19.9. The number of alkyl carbamates (subject to hydrolysis) is 1. The second kappa shape index (κ2) is 14.4. The predicted molar refractivity (Wildman–Crippen MR) is 143 cm³/mol. The highest BCUT2D eigenvalue weighted by atomic mass is 127. The number of amides is 1. The lowest BCUT2D eigenvalue weighted by Gasteiger charge is -2.32. The van der Waals surface area contributed by atoms with Gasteiger partial charge in [-0.3, -0.25) is 9.89 Å². The molecule has 1 saturated heterocycles. The van der Waals surface area contributed by atoms with E-state index in [0.29, 0.717) is 12.6 Å². The van der Waals surface area contributed by atoms with Gasteiger partial charge in [0.05, 0.1) is 12.6 Å². The molecule has 1 aliphatic rings. The summed E-state index contributed by atoms with van der Waals surface area (Å²) in [6.07, 6.45) is 3.65. The second-order valence-corrected chi connectivity index (χ2v) is 8.84. The van der Waals surface area contributed by atoms with Crippen LogP contribution in [-0.4, -0.2) is 61.3 Å². The summed E-state index contributed by atoms with van der Waals surface area (Å²) >= 11 is 0. The molecule has 0 spiro atoms. The number of carbonyl (C=O) groups excluding carboxylic acids is 1. The van der Waals surface area contributed by atoms with Gasteiger partial charge in [0.15, 0.2) is 5.96 Å². The molecule has 7 nitrogen and oxygen atoms in total. The predicted octanol–water partition coefficient (Wildman–Crippen LogP) is 4.08. The number of nitrogens with one attached hydrogen (secondary N) is 3. The first-order valence-corrected chi connectivity index (χ1v) is 11.2. The number of aliphatic imine (C=N–C) groups is 1. The van der Waals surface area contributed by atoms with Crippen molar-refractivity contribution in [3.8, 4) is 0 Å². The number of ether oxygens (including phenoxy) is 1. The number of nitrogens with zero attached hydrogens (tertiary/aromatic N) is 2. The van der Waals surface area contributed by atoms with Gasteiger partial charge in [0.2, 0.25) is 0 Å². The van der Waals surface area contributed by atoms with E-state index in [4.69, 9.17) is 9.73 Å². The van der Waals surface area contributed by atoms with Crippen molar-refractivity contribution >= 4 is 36.0 Å². The van der Waals surface area contributed by atoms with E-state index in [0.717, 1.165) is 50.5 Å². The van der Waals surface area contributed by atoms with E-state index in [1.165, 1.54) is 0 Å². The minimum Gasteiger partial charge on any atom is -0.444 e. The summed E-state index contributed by atoms with van der Waals surface area (Å²) in [7, 11) is 0. The third-order valence-electron chi connectivity index (χ3n) is 4.98. The lowest BCUT2D eigenvalue weighted by atomic mass is 10.1. The fraction of sp³-hybridized carbons (Fsp3) is 0.583. The summed E-state index contributed by atoms with van der Waals surface area (Å²) in [4.78, 5) is 19.6. The fourth-order valence-corrected chi connectivity index (χ4v) is 3.51. The first-order valence-electron chi connectivity index (χ1n) is 11.2. The lowest BCUT2D eigenvalue weighted by Crippen LogP contribution is -2.49. The monoisotopic (exact) mass is 557 g/mol. The number of piperidine rings is 1. The van der Waals surface area contributed by atoms with Crippen molar-refractivity contribution < 1.29 is 9.53 Å². The van der Waals surface area contributed by atoms with Crippen molar-refractivity contribution in [2.75, 3.05) is 32.7 Å². The van der Waals surface area contributed by atoms with Crippen LogP contribution in [0.3, 0.4) is 0 Å². The molecule has 1 aliphatic heterocycles. The molecule has 2 rings (SSSR count). The molecule has 1 fully saturated rings. The standard InChI is InChI=1S/C24H39N5O2.HI/c1-6-15-29-16-13-20(14-17-29)27-22(25-7-2)26-18-21(19-11-9-8-10-12-19)28-23(30)31-24(3,4)5;/h6,8-12,20-21H,1,7,13-18H2,2-5H3,(H,28,30)(H2,25,26,27);1H. The summed E-state index contributed by atoms with van der Waals surface area (Å²) in [6.45, 7) is 15.7. The average Bonchev–Trinajstić information content (AvgIpc) is 2.72. The minimum atomic E-state index is -0.550. The summed E-state index contributed by atoms with van der Waals surface area (Å²) in [5, 5.41) is 9.86. The van der Waals surface area contributed by atoms with Gasteiger partial charge >= 0.3 is 6.09 Å². The second-order valence-electron chi connectivity index (χ2n) is 8.84. The molecule has 0 saturated carbocycles. The van der Waals surface area contributed by atoms with E-state index in [2.05, 4.69) is 34.4 Å². The molecule has 0 aromatic heterocycles. The third kappa shape index (κ3) is 10.7. The number of carbonyl (C=O) groups is 1. The molecule has 0 radical (unpaired) electrons. The van der Waals surface area contributed by atoms with Crippen LogP contribution in [0.15, 0.2) is 48.0 Å². The van der Waals surface area contributed by atoms with Crippen molar-refractivity contribution in [3.63, 3.8) is 0 Å². The molecule has 3 N–H and O–H groups in total. The number of guanidine groups is 1. The van der Waals surface area contributed by atoms with Gasteiger partial charge in [0, 0.05) is 32.2 Å². The molecule has 1 aromatic carbocycles. The Morgan fingerprint density at radius 2 is 1.94 bits per heavy atom. The maximum Gasteiger partial charge on any atom is 0.408 e. The minimum absolute atomic E-state index is 0. The Hall–Kier alpha value is -1.81. The third-order valence-corrected chi connectivity index (χ3v) is 4.98. The van der Waals surface area contributed by atoms with Crippen molar-refractivity contribution in [2.24, 2.45) is 4.99 Å². The Morgan fingerprint density at radius 3 is 2.50 bits per heavy atom. The van der Waals surface area contributed by atoms with Crippen molar-refractivity contribution in [1.29, 1.82) is 0 Å². The van der Waals surface area contributed by atoms with Gasteiger partial charge in [0.1, 0.15) is 5.60 Å². The van der Waals surface area contributed by atoms with Gasteiger partial charge in [-0.15, -0.1) is 30.6 Å². The molecule has 1 atom stereocenters. The molecule has 1 unspecified atom stereocenters. The SMILES string of the molecule is C=CCN1CCC(NC(=NCC(NC(=O)OC(C)(C)C)c2ccccc2)NCC)CC1.I. The number of hydrogen-bond acceptors (Lipinski definition) is 4. The van der Waals surface area contributed by atoms with E-state index in [-0.39, 0.29) is 30.0 Å². The van der Waals surface area contributed by atoms with E-state index >= 15 is 0 Å². The number of rotatable bonds is 8. The summed E-state index contributed by atoms with van der Waals surface area (Å²) in [5.74, 6) is 0.775. The van der Waals surface area contributed by atoms with Gasteiger partial charge in [-0.1, -0.05) is 36.4 Å². The average molecular weight is 558 g/mol. The highest BCUT2D eigenvalue weighted by Gasteiger charge is 2.22. The van der Waals surface area contributed by atoms with Crippen LogP contribution in [0.2, 0.25) is 0 Å². The first kappa shape index (κ1) is 28.2. The highest BCUT2D eigenvalue weighted by Crippen LogP contribution is 2.15. The molecule has 1 heterocycles. The lowest BCUT2D eigenvalue weighted by molar-refractivity contribution is 0.0505. The van der Waals surface area contributed by atoms with Crippen LogP contribution in [0.1, 0.15) is 52.1 Å². The Bertz CT molecular complexity index is 713. The molecule has 8 heteroatoms. The quantitative estimate of drug-likeness (QED) is 0.195. The maximum absolute atomic E-state index is 12.4. The molecule has 1 amide bonds. The Morgan fingerprint density at radius 1 is 1.28 bits per heavy atom. The number of halogens is 1. The number of likely N-dealkylation sites (tertiary alicyclic amines) is 1. The summed E-state index contributed by atoms with van der Waals surface area (Å²) in [5.41, 5.74) is 0.441. The van der Waals surface area contributed by atoms with Crippen LogP contribution in [0.25, 0.3) is 0 Å². The molecular weight excluding hydrogens is 517 g/mol. The molecular formula is C24H40IN5O2. The number of benzene rings is 1. The smallest absolute Gasteiger partial charge is 0.408 e. The van der Waals surface area contributed by atoms with Gasteiger partial charge in [-0.25, -0.2) is 4.79 Å². The Balaban J connectivity index is 0.00000512. The normalized spacial score (nSPS) is 16.4. The van der Waals surface area contributed by atoms with Gasteiger partial charge in [-0.05, 0) is 46.1 Å². The highest BCUT2D eigenvalue weighted by molar-refractivity contribution is 14.0. The fourth-order valence-electron chi connectivity index (χ4n) is 3.51. The zero-order chi connectivity index (χ0) is 22.7. The molecule has 1 aromatic rings. The summed E-state index contributed by atoms with van der Waals surface area (Å²) < 4.78 is 5.45. The molecule has 0 bridgehead atoms. The molecule has 180 valence electrons. The van der Waals surface area contributed by atoms with Crippen molar-refractivity contribution in [3.05, 3.63) is 48.6 Å². The van der Waals surface area contributed by atoms with Crippen LogP contribution >= 0.6 is 24.0 Å². The summed E-state index contributed by atoms with van der Waals surface area (Å²) in [6, 6.07) is 9.98. The van der Waals surface area contributed by atoms with Crippen molar-refractivity contribution in [2.45, 2.75) is 58.2 Å². The maximum atomic E-state index is 12.4. The molecule has 0 aliphatic carbocycles. The van der Waals surface area contributed by atoms with Crippen molar-refractivity contribution in [1.82, 2.24) is 20.9 Å². The van der Waals surface area contributed by atoms with Gasteiger partial charge in [-0.2, -0.15) is 0 Å². The van der Waals surface area contributed by atoms with Crippen LogP contribution in [0.5, 0.6) is 0 Å². The Labute approximate surface area is 210 Å². The largest absolute Gasteiger partial charge is 0.444 e. The van der Waals surface area contributed by atoms with Crippen LogP contribution in [-0.2, 0) is 4.74 Å². The van der Waals surface area contributed by atoms with E-state index < -0.39 is 11.7 Å². The van der Waals surface area contributed by atoms with Crippen LogP contribution < -0.4 is 16.0 Å². The molecule has 32 heavy (non-hydrogen) atoms. The first-order chi connectivity index (χ1) is 14.8. The Kier molecular flexibility index (Phi) is 12.7. The van der Waals surface area contributed by atoms with E-state index in [1.807, 2.05) is 57.2 Å². The number of hydrogen-bond donors (Lipinski definition) is 3. The van der Waals surface area contributed by atoms with E-state index in [9.17, 15) is 4.79 Å². The zero-order valence-corrected chi connectivity index (χ0v) is 22.2. The topological polar surface area (TPSA) is 78.0 Å².